The molecule has 0 atom stereocenters. The predicted octanol–water partition coefficient (Wildman–Crippen LogP) is 2.27. The molecule has 15 heavy (non-hydrogen) atoms. The maximum Gasteiger partial charge on any atom is 0.333 e. The van der Waals surface area contributed by atoms with Crippen molar-refractivity contribution < 1.29 is 14.3 Å². The van der Waals surface area contributed by atoms with E-state index in [2.05, 4.69) is 4.74 Å². The number of rotatable bonds is 3. The summed E-state index contributed by atoms with van der Waals surface area (Å²) in [5.74, 6) is 0.404. The van der Waals surface area contributed by atoms with E-state index < -0.39 is 0 Å². The van der Waals surface area contributed by atoms with Gasteiger partial charge in [0.15, 0.2) is 0 Å². The van der Waals surface area contributed by atoms with Gasteiger partial charge in [0, 0.05) is 11.1 Å². The Morgan fingerprint density at radius 2 is 1.93 bits per heavy atom. The molecule has 0 heterocycles. The van der Waals surface area contributed by atoms with Crippen LogP contribution in [-0.2, 0) is 9.53 Å². The van der Waals surface area contributed by atoms with Gasteiger partial charge >= 0.3 is 5.97 Å². The molecule has 0 saturated carbocycles. The molecule has 0 fully saturated rings. The molecule has 0 saturated heterocycles. The Labute approximate surface area is 89.3 Å². The van der Waals surface area contributed by atoms with Gasteiger partial charge in [-0.25, -0.2) is 4.79 Å². The number of esters is 1. The average molecular weight is 206 g/mol. The van der Waals surface area contributed by atoms with Crippen LogP contribution in [0.5, 0.6) is 5.75 Å². The number of methoxy groups -OCH3 is 2. The van der Waals surface area contributed by atoms with Crippen molar-refractivity contribution in [2.75, 3.05) is 14.2 Å². The van der Waals surface area contributed by atoms with Crippen LogP contribution in [-0.4, -0.2) is 20.2 Å². The molecule has 0 spiro atoms. The van der Waals surface area contributed by atoms with Gasteiger partial charge in [0.25, 0.3) is 0 Å². The molecule has 0 aliphatic carbocycles. The van der Waals surface area contributed by atoms with Crippen LogP contribution in [0, 0.1) is 0 Å². The summed E-state index contributed by atoms with van der Waals surface area (Å²) in [7, 11) is 2.96. The maximum absolute atomic E-state index is 11.2. The fourth-order valence-electron chi connectivity index (χ4n) is 1.24. The topological polar surface area (TPSA) is 35.5 Å². The van der Waals surface area contributed by atoms with Crippen molar-refractivity contribution in [1.29, 1.82) is 0 Å². The number of carbonyl (C=O) groups excluding carboxylic acids is 1. The van der Waals surface area contributed by atoms with Crippen LogP contribution in [0.3, 0.4) is 0 Å². The molecule has 0 unspecified atom stereocenters. The quantitative estimate of drug-likeness (QED) is 0.562. The van der Waals surface area contributed by atoms with E-state index in [0.717, 1.165) is 11.3 Å². The molecule has 0 bridgehead atoms. The van der Waals surface area contributed by atoms with Crippen molar-refractivity contribution in [2.45, 2.75) is 6.92 Å². The Morgan fingerprint density at radius 3 is 2.53 bits per heavy atom. The smallest absolute Gasteiger partial charge is 0.333 e. The first kappa shape index (κ1) is 11.3. The Bertz CT molecular complexity index is 380. The second-order valence-electron chi connectivity index (χ2n) is 3.06. The Balaban J connectivity index is 3.02. The summed E-state index contributed by atoms with van der Waals surface area (Å²) in [6.45, 7) is 1.71. The first-order valence-corrected chi connectivity index (χ1v) is 4.58. The Kier molecular flexibility index (Phi) is 3.92. The molecule has 1 aromatic rings. The molecule has 1 rings (SSSR count). The van der Waals surface area contributed by atoms with Crippen molar-refractivity contribution in [2.24, 2.45) is 0 Å². The van der Waals surface area contributed by atoms with Crippen molar-refractivity contribution in [3.8, 4) is 5.75 Å². The highest BCUT2D eigenvalue weighted by Gasteiger charge is 2.05. The number of carbonyl (C=O) groups is 1. The number of ether oxygens (including phenoxy) is 2. The van der Waals surface area contributed by atoms with Crippen molar-refractivity contribution >= 4 is 12.0 Å². The molecular formula is C12H14O3. The van der Waals surface area contributed by atoms with Crippen LogP contribution in [0.15, 0.2) is 29.8 Å². The lowest BCUT2D eigenvalue weighted by atomic mass is 10.1. The van der Waals surface area contributed by atoms with Crippen LogP contribution in [0.4, 0.5) is 0 Å². The minimum Gasteiger partial charge on any atom is -0.496 e. The van der Waals surface area contributed by atoms with Crippen molar-refractivity contribution in [1.82, 2.24) is 0 Å². The lowest BCUT2D eigenvalue weighted by Crippen LogP contribution is -2.01. The Morgan fingerprint density at radius 1 is 1.27 bits per heavy atom. The van der Waals surface area contributed by atoms with Crippen LogP contribution in [0.2, 0.25) is 0 Å². The summed E-state index contributed by atoms with van der Waals surface area (Å²) < 4.78 is 9.77. The van der Waals surface area contributed by atoms with Gasteiger partial charge in [-0.1, -0.05) is 18.2 Å². The van der Waals surface area contributed by atoms with E-state index >= 15 is 0 Å². The van der Waals surface area contributed by atoms with E-state index in [1.165, 1.54) is 7.11 Å². The highest BCUT2D eigenvalue weighted by Crippen LogP contribution is 2.20. The van der Waals surface area contributed by atoms with Crippen LogP contribution in [0.25, 0.3) is 6.08 Å². The molecule has 1 aromatic carbocycles. The third-order valence-electron chi connectivity index (χ3n) is 2.02. The summed E-state index contributed by atoms with van der Waals surface area (Å²) in [6, 6.07) is 7.49. The van der Waals surface area contributed by atoms with Gasteiger partial charge in [0.05, 0.1) is 14.2 Å². The molecule has 3 heteroatoms. The number of hydrogen-bond donors (Lipinski definition) is 0. The molecule has 3 nitrogen and oxygen atoms in total. The molecule has 0 aromatic heterocycles. The van der Waals surface area contributed by atoms with E-state index in [4.69, 9.17) is 4.74 Å². The van der Waals surface area contributed by atoms with Crippen LogP contribution < -0.4 is 4.74 Å². The normalized spacial score (nSPS) is 11.0. The van der Waals surface area contributed by atoms with E-state index in [0.29, 0.717) is 5.57 Å². The van der Waals surface area contributed by atoms with Gasteiger partial charge in [-0.05, 0) is 19.1 Å². The van der Waals surface area contributed by atoms with E-state index in [1.807, 2.05) is 24.3 Å². The minimum atomic E-state index is -0.332. The van der Waals surface area contributed by atoms with E-state index in [1.54, 1.807) is 20.1 Å². The second-order valence-corrected chi connectivity index (χ2v) is 3.06. The first-order valence-electron chi connectivity index (χ1n) is 4.58. The van der Waals surface area contributed by atoms with Crippen molar-refractivity contribution in [3.63, 3.8) is 0 Å². The highest BCUT2D eigenvalue weighted by molar-refractivity contribution is 5.93. The van der Waals surface area contributed by atoms with Crippen molar-refractivity contribution in [3.05, 3.63) is 35.4 Å². The van der Waals surface area contributed by atoms with E-state index in [-0.39, 0.29) is 5.97 Å². The zero-order valence-corrected chi connectivity index (χ0v) is 9.11. The number of hydrogen-bond acceptors (Lipinski definition) is 3. The lowest BCUT2D eigenvalue weighted by molar-refractivity contribution is -0.135. The summed E-state index contributed by atoms with van der Waals surface area (Å²) in [5, 5.41) is 0. The van der Waals surface area contributed by atoms with Crippen LogP contribution >= 0.6 is 0 Å². The van der Waals surface area contributed by atoms with Gasteiger partial charge in [-0.3, -0.25) is 0 Å². The van der Waals surface area contributed by atoms with Crippen LogP contribution in [0.1, 0.15) is 12.5 Å². The zero-order valence-electron chi connectivity index (χ0n) is 9.11. The first-order chi connectivity index (χ1) is 7.19. The fourth-order valence-corrected chi connectivity index (χ4v) is 1.24. The molecule has 0 N–H and O–H groups in total. The number of para-hydroxylation sites is 1. The van der Waals surface area contributed by atoms with Gasteiger partial charge < -0.3 is 9.47 Å². The Hall–Kier alpha value is -1.77. The largest absolute Gasteiger partial charge is 0.496 e. The standard InChI is InChI=1S/C12H14O3/c1-9(12(13)15-3)8-10-6-4-5-7-11(10)14-2/h4-8H,1-3H3/b9-8+. The summed E-state index contributed by atoms with van der Waals surface area (Å²) in [4.78, 5) is 11.2. The summed E-state index contributed by atoms with van der Waals surface area (Å²) >= 11 is 0. The monoisotopic (exact) mass is 206 g/mol. The zero-order chi connectivity index (χ0) is 11.3. The number of benzene rings is 1. The second kappa shape index (κ2) is 5.20. The molecular weight excluding hydrogens is 192 g/mol. The van der Waals surface area contributed by atoms with Gasteiger partial charge in [0.1, 0.15) is 5.75 Å². The average Bonchev–Trinajstić information content (AvgIpc) is 2.28. The molecule has 0 aliphatic rings. The molecule has 0 amide bonds. The summed E-state index contributed by atoms with van der Waals surface area (Å²) in [6.07, 6.45) is 1.74. The fraction of sp³-hybridized carbons (Fsp3) is 0.250. The molecule has 0 radical (unpaired) electrons. The van der Waals surface area contributed by atoms with Gasteiger partial charge in [-0.2, -0.15) is 0 Å². The van der Waals surface area contributed by atoms with E-state index in [9.17, 15) is 4.79 Å². The highest BCUT2D eigenvalue weighted by atomic mass is 16.5. The van der Waals surface area contributed by atoms with Gasteiger partial charge in [0.2, 0.25) is 0 Å². The third-order valence-corrected chi connectivity index (χ3v) is 2.02. The third kappa shape index (κ3) is 2.84. The SMILES string of the molecule is COC(=O)/C(C)=C/c1ccccc1OC. The maximum atomic E-state index is 11.2. The molecule has 0 aliphatic heterocycles. The molecule has 80 valence electrons. The van der Waals surface area contributed by atoms with Gasteiger partial charge in [-0.15, -0.1) is 0 Å². The lowest BCUT2D eigenvalue weighted by Gasteiger charge is -2.04. The minimum absolute atomic E-state index is 0.332. The predicted molar refractivity (Wildman–Crippen MR) is 58.7 cm³/mol. The summed E-state index contributed by atoms with van der Waals surface area (Å²) in [5.41, 5.74) is 1.41.